The summed E-state index contributed by atoms with van der Waals surface area (Å²) in [6.07, 6.45) is 4.73. The molecule has 0 spiro atoms. The Labute approximate surface area is 43.2 Å². The molecule has 0 heterocycles. The summed E-state index contributed by atoms with van der Waals surface area (Å²) in [5, 5.41) is 0. The zero-order chi connectivity index (χ0) is 4.85. The van der Waals surface area contributed by atoms with Gasteiger partial charge in [0.25, 0.3) is 0 Å². The minimum absolute atomic E-state index is 0.495. The van der Waals surface area contributed by atoms with Gasteiger partial charge in [-0.25, -0.2) is 0 Å². The zero-order valence-electron chi connectivity index (χ0n) is 4.22. The first-order valence-electron chi connectivity index (χ1n) is 2.82. The van der Waals surface area contributed by atoms with Crippen LogP contribution in [0.25, 0.3) is 0 Å². The van der Waals surface area contributed by atoms with Gasteiger partial charge in [0.05, 0.1) is 0 Å². The molecule has 1 fully saturated rings. The highest BCUT2D eigenvalue weighted by atomic mass is 14.7. The average Bonchev–Trinajstić information content (AvgIpc) is 2.33. The standard InChI is InChI=1S/C6H9N/c7-6-2-1-4-3-5(4)6/h1,5-6H,2-3,7H2. The number of nitrogens with two attached hydrogens (primary N) is 1. The Morgan fingerprint density at radius 3 is 2.71 bits per heavy atom. The molecular weight excluding hydrogens is 86.1 g/mol. The molecule has 2 aliphatic rings. The molecule has 0 radical (unpaired) electrons. The Morgan fingerprint density at radius 2 is 2.57 bits per heavy atom. The quantitative estimate of drug-likeness (QED) is 0.439. The molecule has 0 bridgehead atoms. The molecule has 1 saturated carbocycles. The van der Waals surface area contributed by atoms with Gasteiger partial charge in [-0.05, 0) is 18.8 Å². The van der Waals surface area contributed by atoms with Gasteiger partial charge in [-0.3, -0.25) is 0 Å². The van der Waals surface area contributed by atoms with Gasteiger partial charge in [-0.15, -0.1) is 0 Å². The van der Waals surface area contributed by atoms with Gasteiger partial charge >= 0.3 is 0 Å². The largest absolute Gasteiger partial charge is 0.327 e. The van der Waals surface area contributed by atoms with E-state index in [4.69, 9.17) is 5.73 Å². The van der Waals surface area contributed by atoms with Crippen molar-refractivity contribution < 1.29 is 0 Å². The van der Waals surface area contributed by atoms with Crippen LogP contribution in [0.5, 0.6) is 0 Å². The number of hydrogen-bond donors (Lipinski definition) is 1. The highest BCUT2D eigenvalue weighted by molar-refractivity contribution is 5.31. The van der Waals surface area contributed by atoms with E-state index in [2.05, 4.69) is 6.08 Å². The van der Waals surface area contributed by atoms with Crippen LogP contribution in [0.4, 0.5) is 0 Å². The molecule has 2 aliphatic carbocycles. The first kappa shape index (κ1) is 3.67. The van der Waals surface area contributed by atoms with E-state index in [1.807, 2.05) is 0 Å². The fourth-order valence-electron chi connectivity index (χ4n) is 1.31. The van der Waals surface area contributed by atoms with Gasteiger partial charge in [-0.2, -0.15) is 0 Å². The van der Waals surface area contributed by atoms with E-state index in [0.29, 0.717) is 6.04 Å². The highest BCUT2D eigenvalue weighted by Crippen LogP contribution is 2.45. The second kappa shape index (κ2) is 0.920. The highest BCUT2D eigenvalue weighted by Gasteiger charge is 2.38. The van der Waals surface area contributed by atoms with E-state index in [0.717, 1.165) is 12.3 Å². The van der Waals surface area contributed by atoms with Crippen LogP contribution in [0.15, 0.2) is 11.6 Å². The lowest BCUT2D eigenvalue weighted by molar-refractivity contribution is 0.640. The maximum Gasteiger partial charge on any atom is 0.0142 e. The van der Waals surface area contributed by atoms with E-state index in [9.17, 15) is 0 Å². The van der Waals surface area contributed by atoms with Crippen molar-refractivity contribution in [1.82, 2.24) is 0 Å². The molecule has 0 saturated heterocycles. The molecule has 1 nitrogen and oxygen atoms in total. The molecule has 0 aromatic carbocycles. The van der Waals surface area contributed by atoms with Crippen molar-refractivity contribution in [1.29, 1.82) is 0 Å². The molecule has 2 N–H and O–H groups in total. The van der Waals surface area contributed by atoms with Gasteiger partial charge in [-0.1, -0.05) is 11.6 Å². The van der Waals surface area contributed by atoms with Gasteiger partial charge < -0.3 is 5.73 Å². The van der Waals surface area contributed by atoms with E-state index >= 15 is 0 Å². The van der Waals surface area contributed by atoms with Crippen molar-refractivity contribution in [2.45, 2.75) is 18.9 Å². The summed E-state index contributed by atoms with van der Waals surface area (Å²) in [7, 11) is 0. The summed E-state index contributed by atoms with van der Waals surface area (Å²) in [4.78, 5) is 0. The van der Waals surface area contributed by atoms with E-state index in [1.54, 1.807) is 5.57 Å². The average molecular weight is 95.1 g/mol. The van der Waals surface area contributed by atoms with Crippen molar-refractivity contribution in [2.24, 2.45) is 11.7 Å². The van der Waals surface area contributed by atoms with Crippen molar-refractivity contribution >= 4 is 0 Å². The third-order valence-corrected chi connectivity index (χ3v) is 1.94. The Kier molecular flexibility index (Phi) is 0.482. The van der Waals surface area contributed by atoms with Crippen LogP contribution >= 0.6 is 0 Å². The van der Waals surface area contributed by atoms with Crippen LogP contribution in [0.2, 0.25) is 0 Å². The SMILES string of the molecule is NC1CC=C2CC21. The van der Waals surface area contributed by atoms with Gasteiger partial charge in [0.2, 0.25) is 0 Å². The summed E-state index contributed by atoms with van der Waals surface area (Å²) < 4.78 is 0. The second-order valence-corrected chi connectivity index (χ2v) is 2.49. The topological polar surface area (TPSA) is 26.0 Å². The molecule has 38 valence electrons. The Hall–Kier alpha value is -0.300. The van der Waals surface area contributed by atoms with Crippen LogP contribution in [0.1, 0.15) is 12.8 Å². The summed E-state index contributed by atoms with van der Waals surface area (Å²) in [6, 6.07) is 0.495. The number of hydrogen-bond acceptors (Lipinski definition) is 1. The monoisotopic (exact) mass is 95.1 g/mol. The Bertz CT molecular complexity index is 126. The van der Waals surface area contributed by atoms with Crippen molar-refractivity contribution in [3.63, 3.8) is 0 Å². The Morgan fingerprint density at radius 1 is 1.71 bits per heavy atom. The van der Waals surface area contributed by atoms with Crippen LogP contribution in [0, 0.1) is 5.92 Å². The normalized spacial score (nSPS) is 45.6. The third kappa shape index (κ3) is 0.361. The second-order valence-electron chi connectivity index (χ2n) is 2.49. The lowest BCUT2D eigenvalue weighted by Crippen LogP contribution is -2.18. The van der Waals surface area contributed by atoms with Gasteiger partial charge in [0.15, 0.2) is 0 Å². The summed E-state index contributed by atoms with van der Waals surface area (Å²) in [5.74, 6) is 0.819. The van der Waals surface area contributed by atoms with Crippen LogP contribution in [0.3, 0.4) is 0 Å². The van der Waals surface area contributed by atoms with Crippen molar-refractivity contribution in [3.05, 3.63) is 11.6 Å². The fraction of sp³-hybridized carbons (Fsp3) is 0.667. The smallest absolute Gasteiger partial charge is 0.0142 e. The lowest BCUT2D eigenvalue weighted by atomic mass is 10.2. The first-order valence-corrected chi connectivity index (χ1v) is 2.82. The molecule has 0 amide bonds. The molecule has 2 rings (SSSR count). The van der Waals surface area contributed by atoms with E-state index in [1.165, 1.54) is 6.42 Å². The lowest BCUT2D eigenvalue weighted by Gasteiger charge is -1.98. The van der Waals surface area contributed by atoms with Gasteiger partial charge in [0.1, 0.15) is 0 Å². The minimum Gasteiger partial charge on any atom is -0.327 e. The minimum atomic E-state index is 0.495. The molecule has 0 aromatic heterocycles. The van der Waals surface area contributed by atoms with Crippen molar-refractivity contribution in [2.75, 3.05) is 0 Å². The summed E-state index contributed by atoms with van der Waals surface area (Å²) >= 11 is 0. The molecule has 7 heavy (non-hydrogen) atoms. The molecule has 0 aromatic rings. The van der Waals surface area contributed by atoms with Gasteiger partial charge in [0, 0.05) is 6.04 Å². The zero-order valence-corrected chi connectivity index (χ0v) is 4.22. The maximum atomic E-state index is 5.67. The first-order chi connectivity index (χ1) is 3.38. The predicted octanol–water partition coefficient (Wildman–Crippen LogP) is 0.664. The van der Waals surface area contributed by atoms with Crippen LogP contribution < -0.4 is 5.73 Å². The molecule has 2 unspecified atom stereocenters. The van der Waals surface area contributed by atoms with Crippen LogP contribution in [-0.4, -0.2) is 6.04 Å². The summed E-state index contributed by atoms with van der Waals surface area (Å²) in [6.45, 7) is 0. The molecular formula is C6H9N. The Balaban J connectivity index is 2.23. The molecule has 1 heteroatoms. The fourth-order valence-corrected chi connectivity index (χ4v) is 1.31. The van der Waals surface area contributed by atoms with E-state index in [-0.39, 0.29) is 0 Å². The van der Waals surface area contributed by atoms with Crippen LogP contribution in [-0.2, 0) is 0 Å². The molecule has 2 atom stereocenters. The third-order valence-electron chi connectivity index (χ3n) is 1.94. The number of fused-ring (bicyclic) bond motifs is 1. The summed E-state index contributed by atoms with van der Waals surface area (Å²) in [5.41, 5.74) is 7.29. The predicted molar refractivity (Wildman–Crippen MR) is 28.8 cm³/mol. The number of rotatable bonds is 0. The van der Waals surface area contributed by atoms with Crippen molar-refractivity contribution in [3.8, 4) is 0 Å². The van der Waals surface area contributed by atoms with E-state index < -0.39 is 0 Å². The molecule has 0 aliphatic heterocycles. The maximum absolute atomic E-state index is 5.67.